The molecule has 3 nitrogen and oxygen atoms in total. The largest absolute Gasteiger partial charge is 0.352 e. The second-order valence-electron chi connectivity index (χ2n) is 5.80. The third-order valence-corrected chi connectivity index (χ3v) is 3.61. The molecule has 1 aromatic heterocycles. The van der Waals surface area contributed by atoms with Crippen molar-refractivity contribution in [2.45, 2.75) is 38.8 Å². The van der Waals surface area contributed by atoms with E-state index < -0.39 is 0 Å². The summed E-state index contributed by atoms with van der Waals surface area (Å²) in [6.45, 7) is 5.48. The van der Waals surface area contributed by atoms with Crippen molar-refractivity contribution in [3.05, 3.63) is 48.3 Å². The number of nitrogens with one attached hydrogen (secondary N) is 1. The number of hydrogen-bond acceptors (Lipinski definition) is 2. The fourth-order valence-corrected chi connectivity index (χ4v) is 2.58. The molecule has 1 fully saturated rings. The SMILES string of the molecule is CC(C)Cn1ccnc1NC1CC1c1ccccc1. The van der Waals surface area contributed by atoms with Gasteiger partial charge in [-0.1, -0.05) is 44.2 Å². The fraction of sp³-hybridized carbons (Fsp3) is 0.438. The van der Waals surface area contributed by atoms with Crippen LogP contribution in [0.25, 0.3) is 0 Å². The number of rotatable bonds is 5. The Kier molecular flexibility index (Phi) is 3.28. The minimum absolute atomic E-state index is 0.538. The molecule has 1 N–H and O–H groups in total. The van der Waals surface area contributed by atoms with Crippen LogP contribution in [0.3, 0.4) is 0 Å². The van der Waals surface area contributed by atoms with Crippen LogP contribution in [-0.2, 0) is 6.54 Å². The van der Waals surface area contributed by atoms with Crippen LogP contribution < -0.4 is 5.32 Å². The quantitative estimate of drug-likeness (QED) is 0.886. The first-order valence-electron chi connectivity index (χ1n) is 7.06. The van der Waals surface area contributed by atoms with Gasteiger partial charge in [-0.25, -0.2) is 4.98 Å². The first-order valence-corrected chi connectivity index (χ1v) is 7.06. The molecule has 2 atom stereocenters. The molecule has 0 aliphatic heterocycles. The lowest BCUT2D eigenvalue weighted by Crippen LogP contribution is -2.12. The van der Waals surface area contributed by atoms with E-state index in [1.54, 1.807) is 0 Å². The minimum atomic E-state index is 0.538. The number of hydrogen-bond donors (Lipinski definition) is 1. The van der Waals surface area contributed by atoms with E-state index in [1.807, 2.05) is 6.20 Å². The lowest BCUT2D eigenvalue weighted by atomic mass is 10.1. The van der Waals surface area contributed by atoms with E-state index in [4.69, 9.17) is 0 Å². The summed E-state index contributed by atoms with van der Waals surface area (Å²) in [5.74, 6) is 2.29. The fourth-order valence-electron chi connectivity index (χ4n) is 2.58. The van der Waals surface area contributed by atoms with Crippen LogP contribution in [0.5, 0.6) is 0 Å². The predicted octanol–water partition coefficient (Wildman–Crippen LogP) is 3.51. The van der Waals surface area contributed by atoms with Crippen LogP contribution in [0.4, 0.5) is 5.95 Å². The third kappa shape index (κ3) is 2.80. The number of imidazole rings is 1. The molecule has 0 spiro atoms. The van der Waals surface area contributed by atoms with Gasteiger partial charge in [-0.3, -0.25) is 0 Å². The average molecular weight is 255 g/mol. The van der Waals surface area contributed by atoms with E-state index in [0.29, 0.717) is 17.9 Å². The van der Waals surface area contributed by atoms with Crippen molar-refractivity contribution in [2.75, 3.05) is 5.32 Å². The first-order chi connectivity index (χ1) is 9.24. The van der Waals surface area contributed by atoms with Gasteiger partial charge in [0.1, 0.15) is 0 Å². The number of aromatic nitrogens is 2. The molecule has 2 unspecified atom stereocenters. The smallest absolute Gasteiger partial charge is 0.203 e. The van der Waals surface area contributed by atoms with Gasteiger partial charge in [0.25, 0.3) is 0 Å². The molecule has 19 heavy (non-hydrogen) atoms. The zero-order valence-electron chi connectivity index (χ0n) is 11.6. The van der Waals surface area contributed by atoms with Crippen molar-refractivity contribution < 1.29 is 0 Å². The molecule has 2 aromatic rings. The van der Waals surface area contributed by atoms with Crippen molar-refractivity contribution in [3.63, 3.8) is 0 Å². The molecule has 0 bridgehead atoms. The number of anilines is 1. The third-order valence-electron chi connectivity index (χ3n) is 3.61. The van der Waals surface area contributed by atoms with Gasteiger partial charge >= 0.3 is 0 Å². The summed E-state index contributed by atoms with van der Waals surface area (Å²) in [6.07, 6.45) is 5.14. The lowest BCUT2D eigenvalue weighted by molar-refractivity contribution is 0.526. The summed E-state index contributed by atoms with van der Waals surface area (Å²) in [7, 11) is 0. The number of benzene rings is 1. The Balaban J connectivity index is 1.63. The highest BCUT2D eigenvalue weighted by atomic mass is 15.2. The standard InChI is InChI=1S/C16H21N3/c1-12(2)11-19-9-8-17-16(19)18-15-10-14(15)13-6-4-3-5-7-13/h3-9,12,14-15H,10-11H2,1-2H3,(H,17,18). The summed E-state index contributed by atoms with van der Waals surface area (Å²) in [4.78, 5) is 4.43. The van der Waals surface area contributed by atoms with Crippen molar-refractivity contribution in [1.82, 2.24) is 9.55 Å². The van der Waals surface area contributed by atoms with Gasteiger partial charge in [-0.2, -0.15) is 0 Å². The minimum Gasteiger partial charge on any atom is -0.352 e. The Morgan fingerprint density at radius 1 is 1.32 bits per heavy atom. The molecular weight excluding hydrogens is 234 g/mol. The van der Waals surface area contributed by atoms with Crippen LogP contribution in [0.15, 0.2) is 42.7 Å². The van der Waals surface area contributed by atoms with Gasteiger partial charge in [0.05, 0.1) is 0 Å². The van der Waals surface area contributed by atoms with Crippen molar-refractivity contribution in [3.8, 4) is 0 Å². The molecule has 0 saturated heterocycles. The van der Waals surface area contributed by atoms with E-state index in [0.717, 1.165) is 12.5 Å². The highest BCUT2D eigenvalue weighted by Gasteiger charge is 2.38. The van der Waals surface area contributed by atoms with Crippen molar-refractivity contribution in [2.24, 2.45) is 5.92 Å². The van der Waals surface area contributed by atoms with Gasteiger partial charge in [0.2, 0.25) is 5.95 Å². The van der Waals surface area contributed by atoms with Crippen molar-refractivity contribution in [1.29, 1.82) is 0 Å². The highest BCUT2D eigenvalue weighted by Crippen LogP contribution is 2.42. The van der Waals surface area contributed by atoms with Crippen LogP contribution in [-0.4, -0.2) is 15.6 Å². The lowest BCUT2D eigenvalue weighted by Gasteiger charge is -2.11. The summed E-state index contributed by atoms with van der Waals surface area (Å²) in [5.41, 5.74) is 1.43. The molecule has 1 saturated carbocycles. The second kappa shape index (κ2) is 5.08. The Hall–Kier alpha value is -1.77. The average Bonchev–Trinajstić information content (AvgIpc) is 3.04. The summed E-state index contributed by atoms with van der Waals surface area (Å²) >= 11 is 0. The Morgan fingerprint density at radius 3 is 2.84 bits per heavy atom. The maximum Gasteiger partial charge on any atom is 0.203 e. The molecule has 3 heteroatoms. The predicted molar refractivity (Wildman–Crippen MR) is 78.3 cm³/mol. The van der Waals surface area contributed by atoms with E-state index in [2.05, 4.69) is 65.2 Å². The molecular formula is C16H21N3. The molecule has 1 aliphatic carbocycles. The summed E-state index contributed by atoms with van der Waals surface area (Å²) in [6, 6.07) is 11.3. The van der Waals surface area contributed by atoms with Gasteiger partial charge in [-0.05, 0) is 17.9 Å². The van der Waals surface area contributed by atoms with Crippen LogP contribution in [0.1, 0.15) is 31.7 Å². The van der Waals surface area contributed by atoms with E-state index in [9.17, 15) is 0 Å². The van der Waals surface area contributed by atoms with E-state index in [-0.39, 0.29) is 0 Å². The number of nitrogens with zero attached hydrogens (tertiary/aromatic N) is 2. The zero-order valence-corrected chi connectivity index (χ0v) is 11.6. The highest BCUT2D eigenvalue weighted by molar-refractivity contribution is 5.37. The maximum absolute atomic E-state index is 4.43. The molecule has 0 radical (unpaired) electrons. The van der Waals surface area contributed by atoms with Gasteiger partial charge in [0, 0.05) is 30.9 Å². The first kappa shape index (κ1) is 12.3. The molecule has 3 rings (SSSR count). The van der Waals surface area contributed by atoms with Gasteiger partial charge < -0.3 is 9.88 Å². The Labute approximate surface area is 114 Å². The normalized spacial score (nSPS) is 21.6. The topological polar surface area (TPSA) is 29.9 Å². The second-order valence-corrected chi connectivity index (χ2v) is 5.80. The molecule has 1 heterocycles. The summed E-state index contributed by atoms with van der Waals surface area (Å²) in [5, 5.41) is 3.57. The van der Waals surface area contributed by atoms with E-state index in [1.165, 1.54) is 12.0 Å². The summed E-state index contributed by atoms with van der Waals surface area (Å²) < 4.78 is 2.21. The van der Waals surface area contributed by atoms with Crippen LogP contribution >= 0.6 is 0 Å². The molecule has 0 amide bonds. The molecule has 100 valence electrons. The zero-order chi connectivity index (χ0) is 13.2. The van der Waals surface area contributed by atoms with Gasteiger partial charge in [0.15, 0.2) is 0 Å². The van der Waals surface area contributed by atoms with Crippen molar-refractivity contribution >= 4 is 5.95 Å². The van der Waals surface area contributed by atoms with Gasteiger partial charge in [-0.15, -0.1) is 0 Å². The molecule has 1 aliphatic rings. The monoisotopic (exact) mass is 255 g/mol. The maximum atomic E-state index is 4.43. The Bertz CT molecular complexity index is 530. The van der Waals surface area contributed by atoms with Crippen LogP contribution in [0, 0.1) is 5.92 Å². The van der Waals surface area contributed by atoms with Crippen LogP contribution in [0.2, 0.25) is 0 Å². The molecule has 1 aromatic carbocycles. The Morgan fingerprint density at radius 2 is 2.11 bits per heavy atom. The van der Waals surface area contributed by atoms with E-state index >= 15 is 0 Å².